The second-order valence-electron chi connectivity index (χ2n) is 12.8. The van der Waals surface area contributed by atoms with E-state index in [0.717, 1.165) is 71.9 Å². The summed E-state index contributed by atoms with van der Waals surface area (Å²) in [4.78, 5) is 33.6. The number of fused-ring (bicyclic) bond motifs is 4. The molecule has 0 saturated heterocycles. The number of aryl methyl sites for hydroxylation is 1. The van der Waals surface area contributed by atoms with Crippen molar-refractivity contribution in [1.29, 1.82) is 0 Å². The van der Waals surface area contributed by atoms with Gasteiger partial charge in [0.15, 0.2) is 17.5 Å². The van der Waals surface area contributed by atoms with Gasteiger partial charge in [-0.15, -0.1) is 6.42 Å². The molecule has 0 aliphatic heterocycles. The topological polar surface area (TPSA) is 89.7 Å². The molecule has 0 saturated carbocycles. The number of aromatic nitrogens is 6. The first-order valence-electron chi connectivity index (χ1n) is 17.3. The molecule has 0 spiro atoms. The Balaban J connectivity index is 1.08. The SMILES string of the molecule is C#C/C(=N\c1c(C)ccc2cccnc12)c1ccc(-c2nc(-c3ccc(F)cc3)nc(-c3ccc(-c4ccc5ccc6cccnc6c5n4)cc3)n2)cc1. The minimum atomic E-state index is -0.342. The van der Waals surface area contributed by atoms with Crippen LogP contribution in [0.25, 0.3) is 78.1 Å². The van der Waals surface area contributed by atoms with Gasteiger partial charge in [-0.2, -0.15) is 0 Å². The Morgan fingerprint density at radius 1 is 0.537 bits per heavy atom. The highest BCUT2D eigenvalue weighted by atomic mass is 19.1. The summed E-state index contributed by atoms with van der Waals surface area (Å²) in [7, 11) is 0. The second kappa shape index (κ2) is 13.6. The number of hydrogen-bond donors (Lipinski definition) is 0. The minimum absolute atomic E-state index is 0.342. The summed E-state index contributed by atoms with van der Waals surface area (Å²) in [6.07, 6.45) is 9.55. The molecule has 9 rings (SSSR count). The van der Waals surface area contributed by atoms with E-state index in [0.29, 0.717) is 28.7 Å². The molecule has 0 amide bonds. The van der Waals surface area contributed by atoms with Gasteiger partial charge in [0.1, 0.15) is 11.5 Å². The Morgan fingerprint density at radius 3 is 1.67 bits per heavy atom. The highest BCUT2D eigenvalue weighted by Gasteiger charge is 2.15. The van der Waals surface area contributed by atoms with Crippen molar-refractivity contribution in [2.24, 2.45) is 4.99 Å². The highest BCUT2D eigenvalue weighted by Crippen LogP contribution is 2.31. The molecule has 8 heteroatoms. The number of nitrogens with zero attached hydrogens (tertiary/aromatic N) is 7. The number of halogens is 1. The monoisotopic (exact) mass is 697 g/mol. The molecule has 0 bridgehead atoms. The fourth-order valence-corrected chi connectivity index (χ4v) is 6.48. The average Bonchev–Trinajstić information content (AvgIpc) is 3.23. The van der Waals surface area contributed by atoms with Gasteiger partial charge < -0.3 is 0 Å². The third-order valence-electron chi connectivity index (χ3n) is 9.34. The fraction of sp³-hybridized carbons (Fsp3) is 0.0217. The first-order valence-corrected chi connectivity index (χ1v) is 17.3. The van der Waals surface area contributed by atoms with Crippen LogP contribution in [0.15, 0.2) is 151 Å². The summed E-state index contributed by atoms with van der Waals surface area (Å²) in [5.74, 6) is 3.77. The van der Waals surface area contributed by atoms with Crippen molar-refractivity contribution < 1.29 is 4.39 Å². The number of rotatable bonds is 6. The normalized spacial score (nSPS) is 11.6. The Bertz CT molecular complexity index is 2950. The standard InChI is InChI=1S/C46H28FN7/c1-3-38(50-40-28(2)8-9-31-6-4-26-48-41(31)40)29-10-16-34(17-11-29)44-52-45(54-46(53-44)36-20-23-37(47)24-21-36)35-18-12-30(13-19-35)39-25-22-33-15-14-32-7-5-27-49-42(32)43(33)51-39/h1,4-27H,2H3/b50-38+. The van der Waals surface area contributed by atoms with Crippen molar-refractivity contribution in [2.75, 3.05) is 0 Å². The van der Waals surface area contributed by atoms with Gasteiger partial charge in [0.2, 0.25) is 0 Å². The summed E-state index contributed by atoms with van der Waals surface area (Å²) in [6.45, 7) is 1.99. The van der Waals surface area contributed by atoms with Crippen LogP contribution < -0.4 is 0 Å². The van der Waals surface area contributed by atoms with Crippen molar-refractivity contribution in [3.8, 4) is 57.8 Å². The molecule has 254 valence electrons. The van der Waals surface area contributed by atoms with Crippen LogP contribution in [-0.2, 0) is 0 Å². The zero-order chi connectivity index (χ0) is 36.6. The predicted octanol–water partition coefficient (Wildman–Crippen LogP) is 10.4. The molecule has 7 nitrogen and oxygen atoms in total. The summed E-state index contributed by atoms with van der Waals surface area (Å²) in [6, 6.07) is 41.8. The molecule has 0 fully saturated rings. The highest BCUT2D eigenvalue weighted by molar-refractivity contribution is 6.15. The van der Waals surface area contributed by atoms with Crippen LogP contribution in [0.4, 0.5) is 10.1 Å². The lowest BCUT2D eigenvalue weighted by Crippen LogP contribution is -2.01. The van der Waals surface area contributed by atoms with E-state index in [4.69, 9.17) is 31.4 Å². The minimum Gasteiger partial charge on any atom is -0.254 e. The average molecular weight is 698 g/mol. The van der Waals surface area contributed by atoms with Gasteiger partial charge in [-0.25, -0.2) is 29.3 Å². The van der Waals surface area contributed by atoms with Gasteiger partial charge in [-0.1, -0.05) is 91.0 Å². The molecule has 0 unspecified atom stereocenters. The van der Waals surface area contributed by atoms with E-state index in [1.165, 1.54) is 12.1 Å². The van der Waals surface area contributed by atoms with Crippen LogP contribution in [0.3, 0.4) is 0 Å². The van der Waals surface area contributed by atoms with E-state index < -0.39 is 0 Å². The maximum atomic E-state index is 13.9. The van der Waals surface area contributed by atoms with E-state index >= 15 is 0 Å². The lowest BCUT2D eigenvalue weighted by atomic mass is 10.0. The first kappa shape index (κ1) is 32.4. The van der Waals surface area contributed by atoms with Gasteiger partial charge in [0, 0.05) is 56.4 Å². The fourth-order valence-electron chi connectivity index (χ4n) is 6.48. The summed E-state index contributed by atoms with van der Waals surface area (Å²) in [5, 5.41) is 3.06. The Labute approximate surface area is 310 Å². The van der Waals surface area contributed by atoms with Crippen LogP contribution in [0, 0.1) is 25.1 Å². The molecule has 0 aliphatic rings. The predicted molar refractivity (Wildman–Crippen MR) is 214 cm³/mol. The summed E-state index contributed by atoms with van der Waals surface area (Å²) < 4.78 is 13.9. The molecular formula is C46H28FN7. The van der Waals surface area contributed by atoms with Gasteiger partial charge in [0.25, 0.3) is 0 Å². The van der Waals surface area contributed by atoms with Gasteiger partial charge in [-0.3, -0.25) is 9.97 Å². The molecule has 9 aromatic rings. The number of hydrogen-bond acceptors (Lipinski definition) is 7. The molecule has 5 aromatic carbocycles. The molecule has 0 radical (unpaired) electrons. The molecule has 0 N–H and O–H groups in total. The van der Waals surface area contributed by atoms with E-state index in [2.05, 4.69) is 34.1 Å². The van der Waals surface area contributed by atoms with E-state index in [-0.39, 0.29) is 5.82 Å². The smallest absolute Gasteiger partial charge is 0.164 e. The van der Waals surface area contributed by atoms with Crippen LogP contribution >= 0.6 is 0 Å². The maximum absolute atomic E-state index is 13.9. The number of pyridine rings is 3. The van der Waals surface area contributed by atoms with Gasteiger partial charge in [0.05, 0.1) is 27.9 Å². The van der Waals surface area contributed by atoms with E-state index in [1.54, 1.807) is 24.5 Å². The molecule has 54 heavy (non-hydrogen) atoms. The van der Waals surface area contributed by atoms with Crippen molar-refractivity contribution >= 4 is 44.1 Å². The van der Waals surface area contributed by atoms with Crippen LogP contribution in [0.5, 0.6) is 0 Å². The zero-order valence-corrected chi connectivity index (χ0v) is 28.9. The molecule has 0 aliphatic carbocycles. The molecular weight excluding hydrogens is 670 g/mol. The third-order valence-corrected chi connectivity index (χ3v) is 9.34. The van der Waals surface area contributed by atoms with Crippen molar-refractivity contribution in [3.63, 3.8) is 0 Å². The lowest BCUT2D eigenvalue weighted by molar-refractivity contribution is 0.628. The zero-order valence-electron chi connectivity index (χ0n) is 28.9. The van der Waals surface area contributed by atoms with Crippen LogP contribution in [0.2, 0.25) is 0 Å². The number of aliphatic imine (C=N–C) groups is 1. The first-order chi connectivity index (χ1) is 26.5. The molecule has 4 heterocycles. The Morgan fingerprint density at radius 2 is 1.04 bits per heavy atom. The van der Waals surface area contributed by atoms with Crippen molar-refractivity contribution in [2.45, 2.75) is 6.92 Å². The van der Waals surface area contributed by atoms with Crippen LogP contribution in [0.1, 0.15) is 11.1 Å². The number of benzene rings is 5. The summed E-state index contributed by atoms with van der Waals surface area (Å²) in [5.41, 5.74) is 9.46. The van der Waals surface area contributed by atoms with Gasteiger partial charge in [-0.05, 0) is 60.9 Å². The van der Waals surface area contributed by atoms with Gasteiger partial charge >= 0.3 is 0 Å². The molecule has 0 atom stereocenters. The quantitative estimate of drug-likeness (QED) is 0.0976. The van der Waals surface area contributed by atoms with E-state index in [1.807, 2.05) is 97.9 Å². The third kappa shape index (κ3) is 6.10. The van der Waals surface area contributed by atoms with Crippen LogP contribution in [-0.4, -0.2) is 35.6 Å². The lowest BCUT2D eigenvalue weighted by Gasteiger charge is -2.10. The van der Waals surface area contributed by atoms with Crippen molar-refractivity contribution in [3.05, 3.63) is 163 Å². The number of terminal acetylenes is 1. The Hall–Kier alpha value is -7.50. The maximum Gasteiger partial charge on any atom is 0.164 e. The molecule has 4 aromatic heterocycles. The Kier molecular flexibility index (Phi) is 8.14. The summed E-state index contributed by atoms with van der Waals surface area (Å²) >= 11 is 0. The van der Waals surface area contributed by atoms with Crippen molar-refractivity contribution in [1.82, 2.24) is 29.9 Å². The van der Waals surface area contributed by atoms with E-state index in [9.17, 15) is 4.39 Å². The second-order valence-corrected chi connectivity index (χ2v) is 12.8. The largest absolute Gasteiger partial charge is 0.254 e.